The van der Waals surface area contributed by atoms with Crippen molar-refractivity contribution < 1.29 is 4.79 Å². The van der Waals surface area contributed by atoms with Gasteiger partial charge in [-0.3, -0.25) is 14.4 Å². The van der Waals surface area contributed by atoms with Crippen LogP contribution in [0.15, 0.2) is 16.9 Å². The van der Waals surface area contributed by atoms with E-state index in [4.69, 9.17) is 0 Å². The molecule has 0 atom stereocenters. The topological polar surface area (TPSA) is 50.2 Å². The number of nitrogens with zero attached hydrogens (tertiary/aromatic N) is 3. The van der Waals surface area contributed by atoms with E-state index >= 15 is 0 Å². The third-order valence-corrected chi connectivity index (χ3v) is 3.81. The Labute approximate surface area is 122 Å². The fraction of sp³-hybridized carbons (Fsp3) is 0.692. The van der Waals surface area contributed by atoms with E-state index in [9.17, 15) is 4.79 Å². The maximum atomic E-state index is 11.6. The molecule has 1 aliphatic rings. The molecule has 0 radical (unpaired) electrons. The van der Waals surface area contributed by atoms with Gasteiger partial charge in [0.15, 0.2) is 0 Å². The van der Waals surface area contributed by atoms with Crippen LogP contribution in [0.5, 0.6) is 0 Å². The molecule has 0 aromatic carbocycles. The van der Waals surface area contributed by atoms with Crippen molar-refractivity contribution in [2.45, 2.75) is 39.4 Å². The third kappa shape index (κ3) is 4.31. The van der Waals surface area contributed by atoms with Crippen molar-refractivity contribution in [1.82, 2.24) is 20.0 Å². The number of amides is 1. The number of nitrogens with one attached hydrogen (secondary N) is 1. The summed E-state index contributed by atoms with van der Waals surface area (Å²) in [6, 6.07) is 0.329. The van der Waals surface area contributed by atoms with Crippen molar-refractivity contribution in [2.75, 3.05) is 13.1 Å². The smallest absolute Gasteiger partial charge is 0.222 e. The fourth-order valence-corrected chi connectivity index (χ4v) is 2.54. The molecule has 1 fully saturated rings. The zero-order chi connectivity index (χ0) is 13.8. The van der Waals surface area contributed by atoms with Crippen LogP contribution in [-0.4, -0.2) is 39.7 Å². The lowest BCUT2D eigenvalue weighted by Crippen LogP contribution is -2.46. The molecule has 1 amide bonds. The lowest BCUT2D eigenvalue weighted by Gasteiger charge is -2.32. The number of piperidine rings is 1. The molecule has 5 nitrogen and oxygen atoms in total. The summed E-state index contributed by atoms with van der Waals surface area (Å²) in [4.78, 5) is 14.0. The van der Waals surface area contributed by atoms with Gasteiger partial charge in [-0.2, -0.15) is 5.10 Å². The fourth-order valence-electron chi connectivity index (χ4n) is 2.21. The first-order chi connectivity index (χ1) is 9.04. The van der Waals surface area contributed by atoms with Crippen LogP contribution in [0, 0.1) is 5.92 Å². The van der Waals surface area contributed by atoms with Gasteiger partial charge in [0.2, 0.25) is 5.91 Å². The number of carbonyl (C=O) groups excluding carboxylic acids is 1. The van der Waals surface area contributed by atoms with Crippen LogP contribution in [0.1, 0.15) is 26.7 Å². The molecular weight excluding hydrogens is 308 g/mol. The predicted molar refractivity (Wildman–Crippen MR) is 77.5 cm³/mol. The summed E-state index contributed by atoms with van der Waals surface area (Å²) in [5.74, 6) is 0.230. The zero-order valence-electron chi connectivity index (χ0n) is 11.5. The van der Waals surface area contributed by atoms with E-state index < -0.39 is 0 Å². The number of hydrogen-bond acceptors (Lipinski definition) is 3. The molecule has 0 unspecified atom stereocenters. The molecule has 0 bridgehead atoms. The summed E-state index contributed by atoms with van der Waals surface area (Å²) in [6.45, 7) is 6.68. The van der Waals surface area contributed by atoms with Gasteiger partial charge in [0.05, 0.1) is 17.3 Å². The Balaban J connectivity index is 1.75. The van der Waals surface area contributed by atoms with Gasteiger partial charge < -0.3 is 5.32 Å². The number of aromatic nitrogens is 2. The van der Waals surface area contributed by atoms with E-state index in [0.29, 0.717) is 6.04 Å². The second-order valence-corrected chi connectivity index (χ2v) is 6.31. The molecule has 19 heavy (non-hydrogen) atoms. The van der Waals surface area contributed by atoms with Crippen LogP contribution in [0.3, 0.4) is 0 Å². The van der Waals surface area contributed by atoms with Gasteiger partial charge in [0, 0.05) is 31.2 Å². The standard InChI is InChI=1S/C13H21BrN4O/c1-10(2)13(19)16-12-3-5-17(6-4-12)9-18-8-11(14)7-15-18/h7-8,10,12H,3-6,9H2,1-2H3,(H,16,19). The number of halogens is 1. The van der Waals surface area contributed by atoms with E-state index in [1.165, 1.54) is 0 Å². The molecule has 2 rings (SSSR count). The van der Waals surface area contributed by atoms with Gasteiger partial charge in [-0.25, -0.2) is 0 Å². The average Bonchev–Trinajstić information content (AvgIpc) is 2.77. The van der Waals surface area contributed by atoms with Gasteiger partial charge in [-0.05, 0) is 28.8 Å². The Bertz CT molecular complexity index is 424. The second-order valence-electron chi connectivity index (χ2n) is 5.40. The van der Waals surface area contributed by atoms with Gasteiger partial charge in [0.1, 0.15) is 0 Å². The number of hydrogen-bond donors (Lipinski definition) is 1. The highest BCUT2D eigenvalue weighted by Crippen LogP contribution is 2.13. The first-order valence-electron chi connectivity index (χ1n) is 6.75. The summed E-state index contributed by atoms with van der Waals surface area (Å²) in [6.07, 6.45) is 5.81. The molecule has 1 aromatic heterocycles. The Morgan fingerprint density at radius 1 is 1.53 bits per heavy atom. The minimum Gasteiger partial charge on any atom is -0.353 e. The maximum Gasteiger partial charge on any atom is 0.222 e. The summed E-state index contributed by atoms with van der Waals surface area (Å²) in [5.41, 5.74) is 0. The summed E-state index contributed by atoms with van der Waals surface area (Å²) in [5, 5.41) is 7.37. The van der Waals surface area contributed by atoms with Crippen LogP contribution in [0.2, 0.25) is 0 Å². The lowest BCUT2D eigenvalue weighted by atomic mass is 10.0. The maximum absolute atomic E-state index is 11.6. The highest BCUT2D eigenvalue weighted by atomic mass is 79.9. The van der Waals surface area contributed by atoms with Crippen LogP contribution < -0.4 is 5.32 Å². The molecule has 1 saturated heterocycles. The first kappa shape index (κ1) is 14.5. The molecule has 1 N–H and O–H groups in total. The Morgan fingerprint density at radius 2 is 2.21 bits per heavy atom. The van der Waals surface area contributed by atoms with Crippen molar-refractivity contribution in [3.8, 4) is 0 Å². The molecule has 1 aromatic rings. The van der Waals surface area contributed by atoms with Crippen molar-refractivity contribution >= 4 is 21.8 Å². The lowest BCUT2D eigenvalue weighted by molar-refractivity contribution is -0.125. The normalized spacial score (nSPS) is 17.9. The average molecular weight is 329 g/mol. The Kier molecular flexibility index (Phi) is 4.99. The Morgan fingerprint density at radius 3 is 2.74 bits per heavy atom. The Hall–Kier alpha value is -0.880. The largest absolute Gasteiger partial charge is 0.353 e. The molecule has 0 saturated carbocycles. The monoisotopic (exact) mass is 328 g/mol. The molecule has 0 spiro atoms. The van der Waals surface area contributed by atoms with Gasteiger partial charge in [-0.15, -0.1) is 0 Å². The highest BCUT2D eigenvalue weighted by molar-refractivity contribution is 9.10. The molecule has 1 aliphatic heterocycles. The van der Waals surface area contributed by atoms with Crippen molar-refractivity contribution in [2.24, 2.45) is 5.92 Å². The van der Waals surface area contributed by atoms with E-state index in [1.807, 2.05) is 24.7 Å². The van der Waals surface area contributed by atoms with E-state index in [-0.39, 0.29) is 11.8 Å². The van der Waals surface area contributed by atoms with Crippen molar-refractivity contribution in [1.29, 1.82) is 0 Å². The summed E-state index contributed by atoms with van der Waals surface area (Å²) < 4.78 is 2.93. The van der Waals surface area contributed by atoms with Crippen LogP contribution in [0.25, 0.3) is 0 Å². The molecule has 2 heterocycles. The first-order valence-corrected chi connectivity index (χ1v) is 7.54. The quantitative estimate of drug-likeness (QED) is 0.917. The molecular formula is C13H21BrN4O. The second kappa shape index (κ2) is 6.52. The SMILES string of the molecule is CC(C)C(=O)NC1CCN(Cn2cc(Br)cn2)CC1. The molecule has 106 valence electrons. The van der Waals surface area contributed by atoms with E-state index in [1.54, 1.807) is 6.20 Å². The minimum atomic E-state index is 0.0689. The summed E-state index contributed by atoms with van der Waals surface area (Å²) in [7, 11) is 0. The van der Waals surface area contributed by atoms with Crippen LogP contribution in [0.4, 0.5) is 0 Å². The minimum absolute atomic E-state index is 0.0689. The van der Waals surface area contributed by atoms with Crippen LogP contribution in [-0.2, 0) is 11.5 Å². The highest BCUT2D eigenvalue weighted by Gasteiger charge is 2.21. The van der Waals surface area contributed by atoms with Crippen molar-refractivity contribution in [3.05, 3.63) is 16.9 Å². The molecule has 0 aliphatic carbocycles. The molecule has 6 heteroatoms. The number of rotatable bonds is 4. The zero-order valence-corrected chi connectivity index (χ0v) is 13.1. The van der Waals surface area contributed by atoms with E-state index in [0.717, 1.165) is 37.1 Å². The third-order valence-electron chi connectivity index (χ3n) is 3.40. The number of carbonyl (C=O) groups is 1. The van der Waals surface area contributed by atoms with Gasteiger partial charge >= 0.3 is 0 Å². The van der Waals surface area contributed by atoms with Crippen molar-refractivity contribution in [3.63, 3.8) is 0 Å². The number of likely N-dealkylation sites (tertiary alicyclic amines) is 1. The summed E-state index contributed by atoms with van der Waals surface area (Å²) >= 11 is 3.40. The van der Waals surface area contributed by atoms with Gasteiger partial charge in [0.25, 0.3) is 0 Å². The van der Waals surface area contributed by atoms with E-state index in [2.05, 4.69) is 31.2 Å². The predicted octanol–water partition coefficient (Wildman–Crippen LogP) is 1.84. The van der Waals surface area contributed by atoms with Crippen LogP contribution >= 0.6 is 15.9 Å². The van der Waals surface area contributed by atoms with Gasteiger partial charge in [-0.1, -0.05) is 13.8 Å².